The van der Waals surface area contributed by atoms with Gasteiger partial charge in [0.2, 0.25) is 15.9 Å². The molecule has 6 nitrogen and oxygen atoms in total. The first-order chi connectivity index (χ1) is 12.6. The number of sulfonamides is 1. The lowest BCUT2D eigenvalue weighted by Gasteiger charge is -2.22. The van der Waals surface area contributed by atoms with Crippen molar-refractivity contribution in [3.8, 4) is 0 Å². The van der Waals surface area contributed by atoms with E-state index in [1.165, 1.54) is 30.9 Å². The fourth-order valence-electron chi connectivity index (χ4n) is 2.56. The Kier molecular flexibility index (Phi) is 6.56. The van der Waals surface area contributed by atoms with E-state index in [0.29, 0.717) is 5.69 Å². The summed E-state index contributed by atoms with van der Waals surface area (Å²) < 4.78 is 40.5. The molecule has 1 N–H and O–H groups in total. The van der Waals surface area contributed by atoms with E-state index >= 15 is 0 Å². The van der Waals surface area contributed by atoms with Crippen molar-refractivity contribution in [2.24, 2.45) is 0 Å². The number of carbonyl (C=O) groups excluding carboxylic acids is 1. The molecule has 0 unspecified atom stereocenters. The minimum absolute atomic E-state index is 0.00823. The van der Waals surface area contributed by atoms with Crippen LogP contribution in [-0.4, -0.2) is 41.5 Å². The molecule has 0 aliphatic carbocycles. The summed E-state index contributed by atoms with van der Waals surface area (Å²) in [5.74, 6) is -0.651. The predicted octanol–water partition coefficient (Wildman–Crippen LogP) is 2.53. The largest absolute Gasteiger partial charge is 0.378 e. The van der Waals surface area contributed by atoms with Crippen LogP contribution in [0.15, 0.2) is 47.4 Å². The minimum atomic E-state index is -3.78. The minimum Gasteiger partial charge on any atom is -0.378 e. The van der Waals surface area contributed by atoms with Gasteiger partial charge >= 0.3 is 0 Å². The summed E-state index contributed by atoms with van der Waals surface area (Å²) >= 11 is 0. The van der Waals surface area contributed by atoms with Crippen molar-refractivity contribution in [2.45, 2.75) is 18.7 Å². The number of nitrogens with zero attached hydrogens (tertiary/aromatic N) is 2. The Morgan fingerprint density at radius 3 is 2.19 bits per heavy atom. The first kappa shape index (κ1) is 20.9. The van der Waals surface area contributed by atoms with Gasteiger partial charge in [-0.3, -0.25) is 4.79 Å². The third-order valence-electron chi connectivity index (χ3n) is 4.13. The zero-order valence-corrected chi connectivity index (χ0v) is 16.7. The molecule has 0 radical (unpaired) electrons. The molecule has 0 aliphatic rings. The van der Waals surface area contributed by atoms with E-state index in [1.807, 2.05) is 43.3 Å². The highest BCUT2D eigenvalue weighted by atomic mass is 32.2. The maximum absolute atomic E-state index is 13.3. The number of hydrogen-bond acceptors (Lipinski definition) is 4. The first-order valence-corrected chi connectivity index (χ1v) is 9.91. The molecule has 0 saturated heterocycles. The molecule has 0 aromatic heterocycles. The monoisotopic (exact) mass is 393 g/mol. The van der Waals surface area contributed by atoms with Crippen LogP contribution in [-0.2, 0) is 14.8 Å². The Bertz CT molecular complexity index is 912. The molecule has 2 aromatic rings. The zero-order chi connectivity index (χ0) is 20.2. The molecule has 146 valence electrons. The SMILES string of the molecule is CC(=O)N(CCNS(=O)(=O)c1ccc(F)c(C)c1)c1ccc(N(C)C)cc1. The highest BCUT2D eigenvalue weighted by molar-refractivity contribution is 7.89. The predicted molar refractivity (Wildman–Crippen MR) is 105 cm³/mol. The maximum Gasteiger partial charge on any atom is 0.240 e. The van der Waals surface area contributed by atoms with Crippen molar-refractivity contribution in [1.82, 2.24) is 4.72 Å². The van der Waals surface area contributed by atoms with E-state index in [9.17, 15) is 17.6 Å². The van der Waals surface area contributed by atoms with Gasteiger partial charge in [0, 0.05) is 45.5 Å². The lowest BCUT2D eigenvalue weighted by molar-refractivity contribution is -0.116. The van der Waals surface area contributed by atoms with E-state index in [0.717, 1.165) is 11.8 Å². The molecule has 0 saturated carbocycles. The quantitative estimate of drug-likeness (QED) is 0.785. The first-order valence-electron chi connectivity index (χ1n) is 8.43. The van der Waals surface area contributed by atoms with Gasteiger partial charge in [0.1, 0.15) is 5.82 Å². The van der Waals surface area contributed by atoms with Crippen LogP contribution in [0.2, 0.25) is 0 Å². The number of nitrogens with one attached hydrogen (secondary N) is 1. The molecule has 0 spiro atoms. The normalized spacial score (nSPS) is 11.3. The molecule has 0 atom stereocenters. The van der Waals surface area contributed by atoms with E-state index < -0.39 is 15.8 Å². The molecule has 0 fully saturated rings. The summed E-state index contributed by atoms with van der Waals surface area (Å²) in [6.45, 7) is 3.14. The van der Waals surface area contributed by atoms with Crippen LogP contribution >= 0.6 is 0 Å². The van der Waals surface area contributed by atoms with Gasteiger partial charge in [-0.05, 0) is 55.0 Å². The summed E-state index contributed by atoms with van der Waals surface area (Å²) in [7, 11) is 0.0583. The van der Waals surface area contributed by atoms with Crippen molar-refractivity contribution in [3.05, 3.63) is 53.8 Å². The highest BCUT2D eigenvalue weighted by Crippen LogP contribution is 2.20. The second-order valence-corrected chi connectivity index (χ2v) is 8.16. The van der Waals surface area contributed by atoms with Crippen LogP contribution in [0.4, 0.5) is 15.8 Å². The van der Waals surface area contributed by atoms with Crippen molar-refractivity contribution in [2.75, 3.05) is 37.0 Å². The van der Waals surface area contributed by atoms with Crippen molar-refractivity contribution < 1.29 is 17.6 Å². The standard InChI is InChI=1S/C19H24FN3O3S/c1-14-13-18(9-10-19(14)20)27(25,26)21-11-12-23(15(2)24)17-7-5-16(6-8-17)22(3)4/h5-10,13,21H,11-12H2,1-4H3. The van der Waals surface area contributed by atoms with Gasteiger partial charge in [0.15, 0.2) is 0 Å². The smallest absolute Gasteiger partial charge is 0.240 e. The number of anilines is 2. The third kappa shape index (κ3) is 5.27. The molecule has 0 bridgehead atoms. The second kappa shape index (κ2) is 8.49. The van der Waals surface area contributed by atoms with Crippen LogP contribution < -0.4 is 14.5 Å². The number of amides is 1. The number of rotatable bonds is 7. The fraction of sp³-hybridized carbons (Fsp3) is 0.316. The molecule has 8 heteroatoms. The Balaban J connectivity index is 2.07. The zero-order valence-electron chi connectivity index (χ0n) is 15.9. The molecule has 1 amide bonds. The van der Waals surface area contributed by atoms with Crippen LogP contribution in [0.3, 0.4) is 0 Å². The molecular weight excluding hydrogens is 369 g/mol. The number of halogens is 1. The fourth-order valence-corrected chi connectivity index (χ4v) is 3.66. The Hall–Kier alpha value is -2.45. The van der Waals surface area contributed by atoms with Gasteiger partial charge in [0.25, 0.3) is 0 Å². The van der Waals surface area contributed by atoms with E-state index in [2.05, 4.69) is 4.72 Å². The van der Waals surface area contributed by atoms with Crippen molar-refractivity contribution >= 4 is 27.3 Å². The summed E-state index contributed by atoms with van der Waals surface area (Å²) in [4.78, 5) is 15.4. The second-order valence-electron chi connectivity index (χ2n) is 6.39. The summed E-state index contributed by atoms with van der Waals surface area (Å²) in [5.41, 5.74) is 1.93. The van der Waals surface area contributed by atoms with Gasteiger partial charge < -0.3 is 9.80 Å². The average Bonchev–Trinajstić information content (AvgIpc) is 2.60. The van der Waals surface area contributed by atoms with Crippen LogP contribution in [0.1, 0.15) is 12.5 Å². The highest BCUT2D eigenvalue weighted by Gasteiger charge is 2.17. The molecule has 0 heterocycles. The van der Waals surface area contributed by atoms with Crippen molar-refractivity contribution in [1.29, 1.82) is 0 Å². The number of carbonyl (C=O) groups is 1. The van der Waals surface area contributed by atoms with Gasteiger partial charge in [-0.15, -0.1) is 0 Å². The molecular formula is C19H24FN3O3S. The van der Waals surface area contributed by atoms with Crippen LogP contribution in [0.25, 0.3) is 0 Å². The van der Waals surface area contributed by atoms with Gasteiger partial charge in [-0.2, -0.15) is 0 Å². The molecule has 2 aromatic carbocycles. The summed E-state index contributed by atoms with van der Waals surface area (Å²) in [6, 6.07) is 11.0. The summed E-state index contributed by atoms with van der Waals surface area (Å²) in [5, 5.41) is 0. The number of aryl methyl sites for hydroxylation is 1. The van der Waals surface area contributed by atoms with Crippen molar-refractivity contribution in [3.63, 3.8) is 0 Å². The van der Waals surface area contributed by atoms with Gasteiger partial charge in [0.05, 0.1) is 4.90 Å². The lowest BCUT2D eigenvalue weighted by atomic mass is 10.2. The average molecular weight is 393 g/mol. The number of hydrogen-bond donors (Lipinski definition) is 1. The Labute approximate surface area is 159 Å². The van der Waals surface area contributed by atoms with Crippen LogP contribution in [0, 0.1) is 12.7 Å². The van der Waals surface area contributed by atoms with E-state index in [-0.39, 0.29) is 29.5 Å². The van der Waals surface area contributed by atoms with Gasteiger partial charge in [-0.1, -0.05) is 0 Å². The number of benzene rings is 2. The molecule has 0 aliphatic heterocycles. The summed E-state index contributed by atoms with van der Waals surface area (Å²) in [6.07, 6.45) is 0. The van der Waals surface area contributed by atoms with E-state index in [4.69, 9.17) is 0 Å². The van der Waals surface area contributed by atoms with Gasteiger partial charge in [-0.25, -0.2) is 17.5 Å². The Morgan fingerprint density at radius 2 is 1.67 bits per heavy atom. The Morgan fingerprint density at radius 1 is 1.07 bits per heavy atom. The molecule has 27 heavy (non-hydrogen) atoms. The maximum atomic E-state index is 13.3. The van der Waals surface area contributed by atoms with Crippen LogP contribution in [0.5, 0.6) is 0 Å². The third-order valence-corrected chi connectivity index (χ3v) is 5.58. The topological polar surface area (TPSA) is 69.7 Å². The van der Waals surface area contributed by atoms with E-state index in [1.54, 1.807) is 0 Å². The molecule has 2 rings (SSSR count). The lowest BCUT2D eigenvalue weighted by Crippen LogP contribution is -2.37.